The lowest BCUT2D eigenvalue weighted by atomic mass is 10.1. The van der Waals surface area contributed by atoms with Crippen molar-refractivity contribution in [3.8, 4) is 0 Å². The molecule has 1 amide bonds. The van der Waals surface area contributed by atoms with Crippen LogP contribution in [0.5, 0.6) is 0 Å². The van der Waals surface area contributed by atoms with E-state index in [1.54, 1.807) is 24.3 Å². The van der Waals surface area contributed by atoms with Crippen molar-refractivity contribution in [3.05, 3.63) is 64.7 Å². The van der Waals surface area contributed by atoms with Gasteiger partial charge in [0.1, 0.15) is 6.29 Å². The molecule has 96 valence electrons. The quantitative estimate of drug-likeness (QED) is 0.852. The molecule has 0 aliphatic heterocycles. The molecule has 0 unspecified atom stereocenters. The highest BCUT2D eigenvalue weighted by Crippen LogP contribution is 2.15. The second-order valence-corrected chi connectivity index (χ2v) is 4.57. The lowest BCUT2D eigenvalue weighted by Crippen LogP contribution is -2.12. The van der Waals surface area contributed by atoms with Crippen molar-refractivity contribution in [1.82, 2.24) is 0 Å². The summed E-state index contributed by atoms with van der Waals surface area (Å²) in [5.41, 5.74) is 4.08. The minimum atomic E-state index is -0.178. The summed E-state index contributed by atoms with van der Waals surface area (Å²) in [5.74, 6) is -0.178. The molecule has 0 saturated heterocycles. The van der Waals surface area contributed by atoms with Gasteiger partial charge in [0.15, 0.2) is 0 Å². The van der Waals surface area contributed by atoms with Crippen molar-refractivity contribution in [2.45, 2.75) is 13.8 Å². The molecular weight excluding hydrogens is 238 g/mol. The van der Waals surface area contributed by atoms with E-state index in [0.29, 0.717) is 11.1 Å². The molecule has 0 heterocycles. The van der Waals surface area contributed by atoms with Gasteiger partial charge in [-0.1, -0.05) is 18.2 Å². The summed E-state index contributed by atoms with van der Waals surface area (Å²) < 4.78 is 0. The molecule has 3 nitrogen and oxygen atoms in total. The Morgan fingerprint density at radius 3 is 2.11 bits per heavy atom. The van der Waals surface area contributed by atoms with Crippen LogP contribution in [-0.2, 0) is 0 Å². The fraction of sp³-hybridized carbons (Fsp3) is 0.125. The van der Waals surface area contributed by atoms with Crippen LogP contribution in [0.1, 0.15) is 31.8 Å². The summed E-state index contributed by atoms with van der Waals surface area (Å²) in [6, 6.07) is 12.4. The van der Waals surface area contributed by atoms with Gasteiger partial charge >= 0.3 is 0 Å². The second kappa shape index (κ2) is 5.48. The number of hydrogen-bond donors (Lipinski definition) is 1. The van der Waals surface area contributed by atoms with Crippen molar-refractivity contribution < 1.29 is 9.59 Å². The molecule has 2 aromatic carbocycles. The molecule has 0 aromatic heterocycles. The van der Waals surface area contributed by atoms with Gasteiger partial charge in [0, 0.05) is 16.8 Å². The van der Waals surface area contributed by atoms with E-state index in [2.05, 4.69) is 11.4 Å². The molecule has 0 aliphatic rings. The van der Waals surface area contributed by atoms with Crippen molar-refractivity contribution in [1.29, 1.82) is 0 Å². The number of aldehydes is 1. The highest BCUT2D eigenvalue weighted by molar-refractivity contribution is 6.04. The summed E-state index contributed by atoms with van der Waals surface area (Å²) >= 11 is 0. The monoisotopic (exact) mass is 253 g/mol. The Bertz CT molecular complexity index is 595. The average molecular weight is 253 g/mol. The van der Waals surface area contributed by atoms with Crippen LogP contribution in [0.15, 0.2) is 42.5 Å². The van der Waals surface area contributed by atoms with Crippen molar-refractivity contribution in [3.63, 3.8) is 0 Å². The maximum atomic E-state index is 12.0. The first kappa shape index (κ1) is 13.0. The lowest BCUT2D eigenvalue weighted by molar-refractivity contribution is 0.102. The van der Waals surface area contributed by atoms with Crippen LogP contribution in [0.2, 0.25) is 0 Å². The van der Waals surface area contributed by atoms with Gasteiger partial charge in [-0.15, -0.1) is 0 Å². The van der Waals surface area contributed by atoms with Gasteiger partial charge in [0.05, 0.1) is 0 Å². The maximum absolute atomic E-state index is 12.0. The fourth-order valence-corrected chi connectivity index (χ4v) is 1.96. The van der Waals surface area contributed by atoms with E-state index in [4.69, 9.17) is 0 Å². The van der Waals surface area contributed by atoms with E-state index in [-0.39, 0.29) is 5.91 Å². The Kier molecular flexibility index (Phi) is 3.76. The molecule has 1 N–H and O–H groups in total. The van der Waals surface area contributed by atoms with Gasteiger partial charge in [0.2, 0.25) is 0 Å². The van der Waals surface area contributed by atoms with Crippen LogP contribution in [0, 0.1) is 13.8 Å². The molecule has 0 aliphatic carbocycles. The number of carbonyl (C=O) groups excluding carboxylic acids is 2. The van der Waals surface area contributed by atoms with Crippen molar-refractivity contribution >= 4 is 17.9 Å². The number of amides is 1. The normalized spacial score (nSPS) is 10.0. The molecular formula is C16H15NO2. The van der Waals surface area contributed by atoms with Gasteiger partial charge in [-0.2, -0.15) is 0 Å². The van der Waals surface area contributed by atoms with Gasteiger partial charge in [-0.25, -0.2) is 0 Å². The van der Waals surface area contributed by atoms with Gasteiger partial charge in [-0.05, 0) is 49.2 Å². The summed E-state index contributed by atoms with van der Waals surface area (Å²) in [7, 11) is 0. The minimum absolute atomic E-state index is 0.178. The molecule has 2 rings (SSSR count). The van der Waals surface area contributed by atoms with Gasteiger partial charge in [-0.3, -0.25) is 9.59 Å². The molecule has 0 atom stereocenters. The standard InChI is InChI=1S/C16H15NO2/c1-11-7-12(2)9-15(8-11)17-16(19)14-5-3-13(10-18)4-6-14/h3-10H,1-2H3,(H,17,19). The van der Waals surface area contributed by atoms with Crippen LogP contribution < -0.4 is 5.32 Å². The molecule has 2 aromatic rings. The largest absolute Gasteiger partial charge is 0.322 e. The molecule has 0 radical (unpaired) electrons. The van der Waals surface area contributed by atoms with E-state index >= 15 is 0 Å². The first-order valence-corrected chi connectivity index (χ1v) is 6.03. The van der Waals surface area contributed by atoms with E-state index in [1.165, 1.54) is 0 Å². The average Bonchev–Trinajstić information content (AvgIpc) is 2.37. The number of anilines is 1. The Hall–Kier alpha value is -2.42. The number of aryl methyl sites for hydroxylation is 2. The van der Waals surface area contributed by atoms with Crippen LogP contribution in [0.3, 0.4) is 0 Å². The van der Waals surface area contributed by atoms with Crippen molar-refractivity contribution in [2.24, 2.45) is 0 Å². The second-order valence-electron chi connectivity index (χ2n) is 4.57. The minimum Gasteiger partial charge on any atom is -0.322 e. The van der Waals surface area contributed by atoms with E-state index in [0.717, 1.165) is 23.1 Å². The Labute approximate surface area is 112 Å². The van der Waals surface area contributed by atoms with Crippen molar-refractivity contribution in [2.75, 3.05) is 5.32 Å². The zero-order valence-corrected chi connectivity index (χ0v) is 10.9. The molecule has 0 spiro atoms. The first-order valence-electron chi connectivity index (χ1n) is 6.03. The Morgan fingerprint density at radius 1 is 1.00 bits per heavy atom. The summed E-state index contributed by atoms with van der Waals surface area (Å²) in [6.45, 7) is 3.98. The third kappa shape index (κ3) is 3.28. The SMILES string of the molecule is Cc1cc(C)cc(NC(=O)c2ccc(C=O)cc2)c1. The van der Waals surface area contributed by atoms with Crippen LogP contribution in [-0.4, -0.2) is 12.2 Å². The van der Waals surface area contributed by atoms with Crippen LogP contribution >= 0.6 is 0 Å². The Morgan fingerprint density at radius 2 is 1.58 bits per heavy atom. The molecule has 19 heavy (non-hydrogen) atoms. The van der Waals surface area contributed by atoms with E-state index < -0.39 is 0 Å². The number of rotatable bonds is 3. The lowest BCUT2D eigenvalue weighted by Gasteiger charge is -2.07. The number of benzene rings is 2. The van der Waals surface area contributed by atoms with Gasteiger partial charge in [0.25, 0.3) is 5.91 Å². The third-order valence-electron chi connectivity index (χ3n) is 2.79. The number of carbonyl (C=O) groups is 2. The first-order chi connectivity index (χ1) is 9.08. The third-order valence-corrected chi connectivity index (χ3v) is 2.79. The zero-order valence-electron chi connectivity index (χ0n) is 10.9. The summed E-state index contributed by atoms with van der Waals surface area (Å²) in [4.78, 5) is 22.6. The number of nitrogens with one attached hydrogen (secondary N) is 1. The number of hydrogen-bond acceptors (Lipinski definition) is 2. The predicted octanol–water partition coefficient (Wildman–Crippen LogP) is 3.37. The molecule has 0 fully saturated rings. The van der Waals surface area contributed by atoms with Crippen LogP contribution in [0.4, 0.5) is 5.69 Å². The van der Waals surface area contributed by atoms with Gasteiger partial charge < -0.3 is 5.32 Å². The smallest absolute Gasteiger partial charge is 0.255 e. The van der Waals surface area contributed by atoms with E-state index in [9.17, 15) is 9.59 Å². The highest BCUT2D eigenvalue weighted by atomic mass is 16.1. The summed E-state index contributed by atoms with van der Waals surface area (Å²) in [5, 5.41) is 2.85. The Balaban J connectivity index is 2.17. The maximum Gasteiger partial charge on any atom is 0.255 e. The molecule has 3 heteroatoms. The highest BCUT2D eigenvalue weighted by Gasteiger charge is 2.06. The zero-order chi connectivity index (χ0) is 13.8. The molecule has 0 saturated carbocycles. The molecule has 0 bridgehead atoms. The van der Waals surface area contributed by atoms with E-state index in [1.807, 2.05) is 26.0 Å². The fourth-order valence-electron chi connectivity index (χ4n) is 1.96. The topological polar surface area (TPSA) is 46.2 Å². The summed E-state index contributed by atoms with van der Waals surface area (Å²) in [6.07, 6.45) is 0.756. The van der Waals surface area contributed by atoms with Crippen LogP contribution in [0.25, 0.3) is 0 Å². The predicted molar refractivity (Wildman–Crippen MR) is 75.7 cm³/mol.